The number of amides is 1. The third kappa shape index (κ3) is 4.69. The molecule has 1 amide bonds. The molecule has 24 heavy (non-hydrogen) atoms. The Morgan fingerprint density at radius 3 is 2.17 bits per heavy atom. The Hall–Kier alpha value is -2.62. The van der Waals surface area contributed by atoms with Gasteiger partial charge in [-0.2, -0.15) is 0 Å². The van der Waals surface area contributed by atoms with Gasteiger partial charge < -0.3 is 10.6 Å². The van der Waals surface area contributed by atoms with Crippen LogP contribution in [0.3, 0.4) is 0 Å². The second-order valence-electron chi connectivity index (χ2n) is 6.27. The van der Waals surface area contributed by atoms with E-state index in [1.165, 1.54) is 12.5 Å². The number of ketones is 1. The maximum Gasteiger partial charge on any atom is 0.246 e. The zero-order valence-corrected chi connectivity index (χ0v) is 14.6. The summed E-state index contributed by atoms with van der Waals surface area (Å²) in [6, 6.07) is 14.6. The van der Waals surface area contributed by atoms with Gasteiger partial charge in [0.05, 0.1) is 0 Å². The van der Waals surface area contributed by atoms with E-state index in [4.69, 9.17) is 0 Å². The summed E-state index contributed by atoms with van der Waals surface area (Å²) in [7, 11) is 0. The minimum Gasteiger partial charge on any atom is -0.374 e. The lowest BCUT2D eigenvalue weighted by atomic mass is 10.0. The van der Waals surface area contributed by atoms with Crippen molar-refractivity contribution < 1.29 is 9.59 Å². The van der Waals surface area contributed by atoms with Crippen LogP contribution < -0.4 is 10.6 Å². The Morgan fingerprint density at radius 2 is 1.58 bits per heavy atom. The van der Waals surface area contributed by atoms with E-state index in [1.807, 2.05) is 12.1 Å². The number of rotatable bonds is 6. The van der Waals surface area contributed by atoms with Gasteiger partial charge in [-0.25, -0.2) is 0 Å². The van der Waals surface area contributed by atoms with Gasteiger partial charge in [0.15, 0.2) is 5.78 Å². The molecule has 0 aliphatic rings. The highest BCUT2D eigenvalue weighted by Crippen LogP contribution is 2.18. The molecule has 0 fully saturated rings. The zero-order valence-electron chi connectivity index (χ0n) is 14.6. The molecule has 0 heterocycles. The molecule has 0 spiro atoms. The van der Waals surface area contributed by atoms with Crippen molar-refractivity contribution in [1.82, 2.24) is 0 Å². The van der Waals surface area contributed by atoms with E-state index in [-0.39, 0.29) is 11.7 Å². The number of hydrogen-bond acceptors (Lipinski definition) is 3. The molecule has 2 N–H and O–H groups in total. The fraction of sp³-hybridized carbons (Fsp3) is 0.300. The van der Waals surface area contributed by atoms with Crippen LogP contribution in [0.2, 0.25) is 0 Å². The van der Waals surface area contributed by atoms with Crippen LogP contribution in [-0.2, 0) is 4.79 Å². The molecule has 0 aromatic heterocycles. The Bertz CT molecular complexity index is 721. The van der Waals surface area contributed by atoms with Gasteiger partial charge in [-0.1, -0.05) is 38.1 Å². The molecular formula is C20H24N2O2. The molecule has 0 saturated heterocycles. The molecular weight excluding hydrogens is 300 g/mol. The lowest BCUT2D eigenvalue weighted by molar-refractivity contribution is -0.116. The molecule has 0 radical (unpaired) electrons. The van der Waals surface area contributed by atoms with Crippen molar-refractivity contribution >= 4 is 23.1 Å². The Balaban J connectivity index is 1.99. The SMILES string of the molecule is CC(=O)c1cccc(NC(=O)C(C)Nc2ccc(C(C)C)cc2)c1. The average molecular weight is 324 g/mol. The Morgan fingerprint density at radius 1 is 0.917 bits per heavy atom. The maximum atomic E-state index is 12.3. The number of Topliss-reactive ketones (excluding diaryl/α,β-unsaturated/α-hetero) is 1. The summed E-state index contributed by atoms with van der Waals surface area (Å²) in [4.78, 5) is 23.7. The van der Waals surface area contributed by atoms with E-state index < -0.39 is 6.04 Å². The number of carbonyl (C=O) groups excluding carboxylic acids is 2. The number of benzene rings is 2. The lowest BCUT2D eigenvalue weighted by Gasteiger charge is -2.16. The summed E-state index contributed by atoms with van der Waals surface area (Å²) in [5, 5.41) is 6.02. The molecule has 4 heteroatoms. The van der Waals surface area contributed by atoms with E-state index >= 15 is 0 Å². The molecule has 2 aromatic rings. The minimum atomic E-state index is -0.393. The van der Waals surface area contributed by atoms with Crippen LogP contribution in [0, 0.1) is 0 Å². The molecule has 0 bridgehead atoms. The van der Waals surface area contributed by atoms with Gasteiger partial charge in [-0.3, -0.25) is 9.59 Å². The van der Waals surface area contributed by atoms with Crippen molar-refractivity contribution in [3.63, 3.8) is 0 Å². The highest BCUT2D eigenvalue weighted by molar-refractivity contribution is 5.99. The third-order valence-corrected chi connectivity index (χ3v) is 3.89. The minimum absolute atomic E-state index is 0.0254. The monoisotopic (exact) mass is 324 g/mol. The topological polar surface area (TPSA) is 58.2 Å². The van der Waals surface area contributed by atoms with Crippen LogP contribution in [0.25, 0.3) is 0 Å². The standard InChI is InChI=1S/C20H24N2O2/c1-13(2)16-8-10-18(11-9-16)21-14(3)20(24)22-19-7-5-6-17(12-19)15(4)23/h5-14,21H,1-4H3,(H,22,24). The average Bonchev–Trinajstić information content (AvgIpc) is 2.55. The van der Waals surface area contributed by atoms with E-state index in [1.54, 1.807) is 31.2 Å². The van der Waals surface area contributed by atoms with E-state index in [0.717, 1.165) is 5.69 Å². The van der Waals surface area contributed by atoms with Crippen molar-refractivity contribution in [2.45, 2.75) is 39.7 Å². The molecule has 0 aliphatic heterocycles. The fourth-order valence-corrected chi connectivity index (χ4v) is 2.35. The predicted molar refractivity (Wildman–Crippen MR) is 98.7 cm³/mol. The molecule has 0 saturated carbocycles. The first kappa shape index (κ1) is 17.7. The summed E-state index contributed by atoms with van der Waals surface area (Å²) in [6.07, 6.45) is 0. The van der Waals surface area contributed by atoms with Crippen LogP contribution >= 0.6 is 0 Å². The first-order chi connectivity index (χ1) is 11.4. The summed E-state index contributed by atoms with van der Waals surface area (Å²) < 4.78 is 0. The van der Waals surface area contributed by atoms with Crippen LogP contribution in [-0.4, -0.2) is 17.7 Å². The van der Waals surface area contributed by atoms with Crippen LogP contribution in [0.1, 0.15) is 49.5 Å². The summed E-state index contributed by atoms with van der Waals surface area (Å²) >= 11 is 0. The van der Waals surface area contributed by atoms with Gasteiger partial charge in [0.1, 0.15) is 6.04 Å². The molecule has 0 aliphatic carbocycles. The zero-order chi connectivity index (χ0) is 17.7. The Kier molecular flexibility index (Phi) is 5.74. The van der Waals surface area contributed by atoms with Gasteiger partial charge in [0.2, 0.25) is 5.91 Å². The summed E-state index contributed by atoms with van der Waals surface area (Å²) in [5.41, 5.74) is 3.37. The first-order valence-electron chi connectivity index (χ1n) is 8.15. The van der Waals surface area contributed by atoms with Crippen molar-refractivity contribution in [1.29, 1.82) is 0 Å². The van der Waals surface area contributed by atoms with Crippen molar-refractivity contribution in [3.05, 3.63) is 59.7 Å². The molecule has 2 aromatic carbocycles. The number of carbonyl (C=O) groups is 2. The fourth-order valence-electron chi connectivity index (χ4n) is 2.35. The van der Waals surface area contributed by atoms with Crippen molar-refractivity contribution in [3.8, 4) is 0 Å². The normalized spacial score (nSPS) is 11.9. The van der Waals surface area contributed by atoms with Gasteiger partial charge >= 0.3 is 0 Å². The first-order valence-corrected chi connectivity index (χ1v) is 8.15. The van der Waals surface area contributed by atoms with Crippen molar-refractivity contribution in [2.24, 2.45) is 0 Å². The maximum absolute atomic E-state index is 12.3. The quantitative estimate of drug-likeness (QED) is 0.772. The largest absolute Gasteiger partial charge is 0.374 e. The second kappa shape index (κ2) is 7.77. The van der Waals surface area contributed by atoms with E-state index in [2.05, 4.69) is 36.6 Å². The predicted octanol–water partition coefficient (Wildman–Crippen LogP) is 4.45. The number of nitrogens with one attached hydrogen (secondary N) is 2. The second-order valence-corrected chi connectivity index (χ2v) is 6.27. The van der Waals surface area contributed by atoms with Gasteiger partial charge in [-0.15, -0.1) is 0 Å². The van der Waals surface area contributed by atoms with Crippen LogP contribution in [0.5, 0.6) is 0 Å². The van der Waals surface area contributed by atoms with Gasteiger partial charge in [0.25, 0.3) is 0 Å². The van der Waals surface area contributed by atoms with Crippen LogP contribution in [0.15, 0.2) is 48.5 Å². The summed E-state index contributed by atoms with van der Waals surface area (Å²) in [5.74, 6) is 0.305. The lowest BCUT2D eigenvalue weighted by Crippen LogP contribution is -2.31. The number of hydrogen-bond donors (Lipinski definition) is 2. The van der Waals surface area contributed by atoms with E-state index in [0.29, 0.717) is 17.2 Å². The molecule has 1 atom stereocenters. The Labute approximate surface area is 143 Å². The van der Waals surface area contributed by atoms with Crippen LogP contribution in [0.4, 0.5) is 11.4 Å². The molecule has 4 nitrogen and oxygen atoms in total. The molecule has 2 rings (SSSR count). The summed E-state index contributed by atoms with van der Waals surface area (Å²) in [6.45, 7) is 7.60. The van der Waals surface area contributed by atoms with Crippen molar-refractivity contribution in [2.75, 3.05) is 10.6 Å². The molecule has 126 valence electrons. The molecule has 1 unspecified atom stereocenters. The highest BCUT2D eigenvalue weighted by Gasteiger charge is 2.13. The highest BCUT2D eigenvalue weighted by atomic mass is 16.2. The van der Waals surface area contributed by atoms with Gasteiger partial charge in [0, 0.05) is 16.9 Å². The third-order valence-electron chi connectivity index (χ3n) is 3.89. The smallest absolute Gasteiger partial charge is 0.246 e. The van der Waals surface area contributed by atoms with Gasteiger partial charge in [-0.05, 0) is 49.6 Å². The van der Waals surface area contributed by atoms with E-state index in [9.17, 15) is 9.59 Å². The number of anilines is 2.